The van der Waals surface area contributed by atoms with Gasteiger partial charge in [0, 0.05) is 24.8 Å². The first-order valence-corrected chi connectivity index (χ1v) is 6.33. The summed E-state index contributed by atoms with van der Waals surface area (Å²) < 4.78 is 1.65. The van der Waals surface area contributed by atoms with Crippen molar-refractivity contribution in [2.75, 3.05) is 5.43 Å². The Hall–Kier alpha value is -2.59. The first-order valence-electron chi connectivity index (χ1n) is 5.51. The number of nitrogens with zero attached hydrogens (tertiary/aromatic N) is 7. The summed E-state index contributed by atoms with van der Waals surface area (Å²) in [6.45, 7) is 0. The van der Waals surface area contributed by atoms with E-state index < -0.39 is 0 Å². The predicted octanol–water partition coefficient (Wildman–Crippen LogP) is 0.284. The van der Waals surface area contributed by atoms with Crippen LogP contribution in [0.4, 0.5) is 5.95 Å². The molecule has 0 spiro atoms. The number of nitrogen functional groups attached to an aromatic ring is 1. The van der Waals surface area contributed by atoms with Crippen molar-refractivity contribution < 1.29 is 0 Å². The molecule has 0 amide bonds. The molecule has 9 nitrogen and oxygen atoms in total. The molecule has 20 heavy (non-hydrogen) atoms. The molecule has 3 aromatic rings. The highest BCUT2D eigenvalue weighted by Gasteiger charge is 2.10. The maximum atomic E-state index is 5.37. The van der Waals surface area contributed by atoms with Gasteiger partial charge in [0.1, 0.15) is 6.33 Å². The third kappa shape index (κ3) is 2.70. The van der Waals surface area contributed by atoms with Crippen molar-refractivity contribution in [1.29, 1.82) is 0 Å². The zero-order chi connectivity index (χ0) is 13.8. The first-order chi connectivity index (χ1) is 9.85. The smallest absolute Gasteiger partial charge is 0.242 e. The Bertz CT molecular complexity index is 685. The van der Waals surface area contributed by atoms with Crippen molar-refractivity contribution >= 4 is 17.7 Å². The molecule has 0 fully saturated rings. The average Bonchev–Trinajstić information content (AvgIpc) is 3.02. The van der Waals surface area contributed by atoms with Gasteiger partial charge in [-0.05, 0) is 17.8 Å². The monoisotopic (exact) mass is 287 g/mol. The van der Waals surface area contributed by atoms with Gasteiger partial charge in [-0.25, -0.2) is 20.8 Å². The van der Waals surface area contributed by atoms with Gasteiger partial charge in [0.05, 0.1) is 0 Å². The highest BCUT2D eigenvalue weighted by Crippen LogP contribution is 2.21. The largest absolute Gasteiger partial charge is 0.292 e. The molecule has 0 unspecified atom stereocenters. The van der Waals surface area contributed by atoms with Crippen molar-refractivity contribution in [3.8, 4) is 5.95 Å². The topological polar surface area (TPSA) is 120 Å². The molecule has 3 aromatic heterocycles. The fraction of sp³-hybridized carbons (Fsp3) is 0. The zero-order valence-electron chi connectivity index (χ0n) is 10.1. The summed E-state index contributed by atoms with van der Waals surface area (Å²) in [5.41, 5.74) is 2.41. The lowest BCUT2D eigenvalue weighted by molar-refractivity contribution is 0.820. The van der Waals surface area contributed by atoms with E-state index in [1.54, 1.807) is 41.7 Å². The quantitative estimate of drug-likeness (QED) is 0.396. The van der Waals surface area contributed by atoms with E-state index in [9.17, 15) is 0 Å². The lowest BCUT2D eigenvalue weighted by Crippen LogP contribution is -2.13. The number of aromatic nitrogens is 7. The van der Waals surface area contributed by atoms with Gasteiger partial charge in [-0.1, -0.05) is 0 Å². The molecular weight excluding hydrogens is 278 g/mol. The highest BCUT2D eigenvalue weighted by molar-refractivity contribution is 7.99. The number of hydrogen-bond donors (Lipinski definition) is 2. The molecule has 0 radical (unpaired) electrons. The Morgan fingerprint density at radius 2 is 1.90 bits per heavy atom. The minimum atomic E-state index is 0.252. The lowest BCUT2D eigenvalue weighted by Gasteiger charge is -2.05. The molecule has 0 aliphatic carbocycles. The molecule has 0 saturated heterocycles. The number of anilines is 1. The average molecular weight is 287 g/mol. The van der Waals surface area contributed by atoms with Gasteiger partial charge in [0.15, 0.2) is 5.16 Å². The van der Waals surface area contributed by atoms with Crippen LogP contribution in [0.25, 0.3) is 5.95 Å². The number of nitrogens with one attached hydrogen (secondary N) is 1. The maximum Gasteiger partial charge on any atom is 0.242 e. The fourth-order valence-corrected chi connectivity index (χ4v) is 2.02. The number of hydrogen-bond acceptors (Lipinski definition) is 9. The molecule has 0 aliphatic heterocycles. The molecule has 3 rings (SSSR count). The van der Waals surface area contributed by atoms with Crippen LogP contribution in [0.2, 0.25) is 0 Å². The van der Waals surface area contributed by atoms with Crippen molar-refractivity contribution in [3.63, 3.8) is 0 Å². The van der Waals surface area contributed by atoms with Gasteiger partial charge in [-0.15, -0.1) is 0 Å². The van der Waals surface area contributed by atoms with Crippen LogP contribution in [-0.4, -0.2) is 34.5 Å². The van der Waals surface area contributed by atoms with Gasteiger partial charge in [-0.3, -0.25) is 9.99 Å². The van der Waals surface area contributed by atoms with E-state index in [0.717, 1.165) is 0 Å². The Kier molecular flexibility index (Phi) is 3.48. The predicted molar refractivity (Wildman–Crippen MR) is 70.9 cm³/mol. The van der Waals surface area contributed by atoms with Crippen LogP contribution in [0.3, 0.4) is 0 Å². The van der Waals surface area contributed by atoms with Crippen LogP contribution >= 0.6 is 11.8 Å². The summed E-state index contributed by atoms with van der Waals surface area (Å²) in [7, 11) is 0. The Labute approximate surface area is 117 Å². The summed E-state index contributed by atoms with van der Waals surface area (Å²) in [4.78, 5) is 24.8. The second-order valence-corrected chi connectivity index (χ2v) is 4.42. The van der Waals surface area contributed by atoms with E-state index in [2.05, 4.69) is 35.3 Å². The second-order valence-electron chi connectivity index (χ2n) is 3.49. The lowest BCUT2D eigenvalue weighted by atomic mass is 10.7. The van der Waals surface area contributed by atoms with Gasteiger partial charge >= 0.3 is 0 Å². The van der Waals surface area contributed by atoms with Crippen LogP contribution in [0.15, 0.2) is 47.5 Å². The van der Waals surface area contributed by atoms with Gasteiger partial charge in [0.25, 0.3) is 0 Å². The van der Waals surface area contributed by atoms with E-state index in [0.29, 0.717) is 16.3 Å². The third-order valence-corrected chi connectivity index (χ3v) is 2.95. The van der Waals surface area contributed by atoms with Gasteiger partial charge in [-0.2, -0.15) is 15.0 Å². The molecule has 0 aliphatic rings. The normalized spacial score (nSPS) is 10.4. The SMILES string of the molecule is NNc1nc(Sc2ncccn2)nc(-n2ccnc2)n1. The van der Waals surface area contributed by atoms with Crippen LogP contribution in [0.1, 0.15) is 0 Å². The molecule has 0 bridgehead atoms. The highest BCUT2D eigenvalue weighted by atomic mass is 32.2. The van der Waals surface area contributed by atoms with Gasteiger partial charge in [0.2, 0.25) is 17.1 Å². The van der Waals surface area contributed by atoms with Crippen molar-refractivity contribution in [2.45, 2.75) is 10.3 Å². The van der Waals surface area contributed by atoms with Crippen LogP contribution in [-0.2, 0) is 0 Å². The molecule has 0 atom stereocenters. The van der Waals surface area contributed by atoms with Crippen LogP contribution in [0, 0.1) is 0 Å². The molecule has 3 heterocycles. The Balaban J connectivity index is 1.96. The molecule has 3 N–H and O–H groups in total. The molecular formula is C10H9N9S. The minimum Gasteiger partial charge on any atom is -0.292 e. The summed E-state index contributed by atoms with van der Waals surface area (Å²) in [5, 5.41) is 0.973. The summed E-state index contributed by atoms with van der Waals surface area (Å²) in [5.74, 6) is 6.02. The number of imidazole rings is 1. The molecule has 0 aromatic carbocycles. The van der Waals surface area contributed by atoms with Crippen LogP contribution in [0.5, 0.6) is 0 Å². The number of nitrogens with two attached hydrogens (primary N) is 1. The summed E-state index contributed by atoms with van der Waals surface area (Å²) in [6.07, 6.45) is 8.24. The molecule has 0 saturated carbocycles. The second kappa shape index (κ2) is 5.59. The molecule has 100 valence electrons. The summed E-state index contributed by atoms with van der Waals surface area (Å²) >= 11 is 1.21. The van der Waals surface area contributed by atoms with Crippen LogP contribution < -0.4 is 11.3 Å². The first kappa shape index (κ1) is 12.4. The van der Waals surface area contributed by atoms with E-state index in [-0.39, 0.29) is 5.95 Å². The standard InChI is InChI=1S/C10H9N9S/c11-18-7-15-8(19-5-4-12-6-19)17-10(16-7)20-9-13-2-1-3-14-9/h1-6H,11H2,(H,15,16,17,18). The third-order valence-electron chi connectivity index (χ3n) is 2.19. The van der Waals surface area contributed by atoms with Crippen molar-refractivity contribution in [2.24, 2.45) is 5.84 Å². The van der Waals surface area contributed by atoms with Crippen molar-refractivity contribution in [3.05, 3.63) is 37.2 Å². The number of rotatable bonds is 4. The maximum absolute atomic E-state index is 5.37. The van der Waals surface area contributed by atoms with Crippen molar-refractivity contribution in [1.82, 2.24) is 34.5 Å². The minimum absolute atomic E-state index is 0.252. The summed E-state index contributed by atoms with van der Waals surface area (Å²) in [6, 6.07) is 1.74. The van der Waals surface area contributed by atoms with E-state index >= 15 is 0 Å². The van der Waals surface area contributed by atoms with E-state index in [1.165, 1.54) is 11.8 Å². The van der Waals surface area contributed by atoms with E-state index in [4.69, 9.17) is 5.84 Å². The van der Waals surface area contributed by atoms with Gasteiger partial charge < -0.3 is 0 Å². The zero-order valence-corrected chi connectivity index (χ0v) is 10.9. The number of hydrazine groups is 1. The molecule has 10 heteroatoms. The van der Waals surface area contributed by atoms with E-state index in [1.807, 2.05) is 0 Å². The Morgan fingerprint density at radius 3 is 2.60 bits per heavy atom. The Morgan fingerprint density at radius 1 is 1.05 bits per heavy atom. The fourth-order valence-electron chi connectivity index (χ4n) is 1.37.